The molecule has 1 saturated carbocycles. The summed E-state index contributed by atoms with van der Waals surface area (Å²) in [5.41, 5.74) is 0. The molecule has 3 N–H and O–H groups in total. The van der Waals surface area contributed by atoms with Crippen LogP contribution in [-0.2, 0) is 0 Å². The van der Waals surface area contributed by atoms with Crippen LogP contribution in [0.4, 0.5) is 9.93 Å². The van der Waals surface area contributed by atoms with Crippen molar-refractivity contribution in [2.24, 2.45) is 0 Å². The van der Waals surface area contributed by atoms with Crippen molar-refractivity contribution in [1.82, 2.24) is 15.5 Å². The van der Waals surface area contributed by atoms with Gasteiger partial charge in [0.05, 0.1) is 6.10 Å². The lowest BCUT2D eigenvalue weighted by Crippen LogP contribution is -2.29. The third kappa shape index (κ3) is 4.76. The molecular formula is C12H20N4O2S. The van der Waals surface area contributed by atoms with Gasteiger partial charge in [0.15, 0.2) is 0 Å². The van der Waals surface area contributed by atoms with E-state index in [2.05, 4.69) is 20.8 Å². The number of urea groups is 1. The molecule has 1 aliphatic rings. The van der Waals surface area contributed by atoms with Gasteiger partial charge in [0.2, 0.25) is 5.13 Å². The van der Waals surface area contributed by atoms with E-state index in [0.29, 0.717) is 24.0 Å². The predicted octanol–water partition coefficient (Wildman–Crippen LogP) is 2.09. The molecule has 1 atom stereocenters. The minimum absolute atomic E-state index is 0.260. The molecule has 2 amide bonds. The summed E-state index contributed by atoms with van der Waals surface area (Å²) in [6, 6.07) is -0.260. The van der Waals surface area contributed by atoms with Crippen LogP contribution < -0.4 is 10.6 Å². The molecule has 0 radical (unpaired) electrons. The lowest BCUT2D eigenvalue weighted by atomic mass is 10.1. The maximum absolute atomic E-state index is 11.6. The summed E-state index contributed by atoms with van der Waals surface area (Å²) in [5, 5.41) is 24.4. The van der Waals surface area contributed by atoms with Crippen LogP contribution in [0.15, 0.2) is 0 Å². The molecule has 0 aliphatic heterocycles. The maximum atomic E-state index is 11.6. The maximum Gasteiger partial charge on any atom is 0.321 e. The molecule has 1 aliphatic carbocycles. The van der Waals surface area contributed by atoms with Crippen molar-refractivity contribution in [3.63, 3.8) is 0 Å². The minimum atomic E-state index is -0.269. The molecule has 0 unspecified atom stereocenters. The Hall–Kier alpha value is -1.21. The smallest absolute Gasteiger partial charge is 0.321 e. The number of aromatic nitrogens is 2. The Bertz CT molecular complexity index is 420. The summed E-state index contributed by atoms with van der Waals surface area (Å²) >= 11 is 1.45. The van der Waals surface area contributed by atoms with Crippen LogP contribution in [-0.4, -0.2) is 34.0 Å². The number of hydrogen-bond donors (Lipinski definition) is 3. The van der Waals surface area contributed by atoms with Crippen molar-refractivity contribution >= 4 is 22.5 Å². The molecule has 1 heterocycles. The van der Waals surface area contributed by atoms with E-state index < -0.39 is 0 Å². The molecule has 0 aromatic carbocycles. The van der Waals surface area contributed by atoms with E-state index in [1.165, 1.54) is 24.2 Å². The van der Waals surface area contributed by atoms with E-state index in [1.54, 1.807) is 0 Å². The highest BCUT2D eigenvalue weighted by molar-refractivity contribution is 7.15. The second kappa shape index (κ2) is 6.81. The van der Waals surface area contributed by atoms with Crippen molar-refractivity contribution in [1.29, 1.82) is 0 Å². The predicted molar refractivity (Wildman–Crippen MR) is 74.4 cm³/mol. The number of rotatable bonds is 7. The standard InChI is InChI=1S/C12H20N4O2S/c1-2-9(17)4-3-7-13-11(18)14-12-16-15-10(19-12)8-5-6-8/h8-9,17H,2-7H2,1H3,(H2,13,14,16,18)/t9-/m1/s1. The van der Waals surface area contributed by atoms with Crippen molar-refractivity contribution in [3.05, 3.63) is 5.01 Å². The minimum Gasteiger partial charge on any atom is -0.393 e. The summed E-state index contributed by atoms with van der Waals surface area (Å²) < 4.78 is 0. The van der Waals surface area contributed by atoms with Gasteiger partial charge >= 0.3 is 6.03 Å². The first-order chi connectivity index (χ1) is 9.19. The van der Waals surface area contributed by atoms with Crippen LogP contribution >= 0.6 is 11.3 Å². The Morgan fingerprint density at radius 1 is 1.53 bits per heavy atom. The zero-order chi connectivity index (χ0) is 13.7. The summed E-state index contributed by atoms with van der Waals surface area (Å²) in [4.78, 5) is 11.6. The molecule has 0 saturated heterocycles. The lowest BCUT2D eigenvalue weighted by Gasteiger charge is -2.08. The van der Waals surface area contributed by atoms with E-state index in [4.69, 9.17) is 0 Å². The van der Waals surface area contributed by atoms with Crippen molar-refractivity contribution in [2.45, 2.75) is 51.0 Å². The summed E-state index contributed by atoms with van der Waals surface area (Å²) in [5.74, 6) is 0.562. The highest BCUT2D eigenvalue weighted by Gasteiger charge is 2.27. The Morgan fingerprint density at radius 2 is 2.32 bits per heavy atom. The summed E-state index contributed by atoms with van der Waals surface area (Å²) in [6.45, 7) is 2.49. The van der Waals surface area contributed by atoms with Gasteiger partial charge in [-0.1, -0.05) is 18.3 Å². The van der Waals surface area contributed by atoms with E-state index in [-0.39, 0.29) is 12.1 Å². The van der Waals surface area contributed by atoms with Crippen molar-refractivity contribution < 1.29 is 9.90 Å². The molecule has 1 aromatic rings. The Balaban J connectivity index is 1.63. The molecular weight excluding hydrogens is 264 g/mol. The molecule has 7 heteroatoms. The highest BCUT2D eigenvalue weighted by Crippen LogP contribution is 2.41. The van der Waals surface area contributed by atoms with Crippen LogP contribution in [0.1, 0.15) is 50.0 Å². The van der Waals surface area contributed by atoms with E-state index >= 15 is 0 Å². The van der Waals surface area contributed by atoms with Crippen LogP contribution in [0.5, 0.6) is 0 Å². The molecule has 106 valence electrons. The number of carbonyl (C=O) groups excluding carboxylic acids is 1. The second-order valence-electron chi connectivity index (χ2n) is 4.80. The Morgan fingerprint density at radius 3 is 3.00 bits per heavy atom. The van der Waals surface area contributed by atoms with Crippen LogP contribution in [0, 0.1) is 0 Å². The number of amides is 2. The van der Waals surface area contributed by atoms with E-state index in [1.807, 2.05) is 6.92 Å². The van der Waals surface area contributed by atoms with E-state index in [0.717, 1.165) is 17.8 Å². The number of hydrogen-bond acceptors (Lipinski definition) is 5. The third-order valence-corrected chi connectivity index (χ3v) is 4.06. The van der Waals surface area contributed by atoms with Gasteiger partial charge in [0.1, 0.15) is 5.01 Å². The van der Waals surface area contributed by atoms with Gasteiger partial charge in [0.25, 0.3) is 0 Å². The highest BCUT2D eigenvalue weighted by atomic mass is 32.1. The van der Waals surface area contributed by atoms with Crippen LogP contribution in [0.25, 0.3) is 0 Å². The summed E-state index contributed by atoms with van der Waals surface area (Å²) in [6.07, 6.45) is 4.32. The van der Waals surface area contributed by atoms with Crippen molar-refractivity contribution in [3.8, 4) is 0 Å². The fourth-order valence-electron chi connectivity index (χ4n) is 1.67. The normalized spacial score (nSPS) is 16.1. The topological polar surface area (TPSA) is 87.1 Å². The number of aliphatic hydroxyl groups excluding tert-OH is 1. The number of nitrogens with zero attached hydrogens (tertiary/aromatic N) is 2. The fourth-order valence-corrected chi connectivity index (χ4v) is 2.57. The molecule has 1 fully saturated rings. The zero-order valence-electron chi connectivity index (χ0n) is 11.1. The lowest BCUT2D eigenvalue weighted by molar-refractivity contribution is 0.157. The average molecular weight is 284 g/mol. The van der Waals surface area contributed by atoms with Gasteiger partial charge in [-0.2, -0.15) is 0 Å². The van der Waals surface area contributed by atoms with E-state index in [9.17, 15) is 9.90 Å². The molecule has 0 bridgehead atoms. The van der Waals surface area contributed by atoms with Crippen LogP contribution in [0.3, 0.4) is 0 Å². The number of carbonyl (C=O) groups is 1. The first-order valence-electron chi connectivity index (χ1n) is 6.75. The SMILES string of the molecule is CC[C@@H](O)CCCNC(=O)Nc1nnc(C2CC2)s1. The van der Waals surface area contributed by atoms with Gasteiger partial charge < -0.3 is 10.4 Å². The first-order valence-corrected chi connectivity index (χ1v) is 7.57. The van der Waals surface area contributed by atoms with Gasteiger partial charge in [-0.3, -0.25) is 5.32 Å². The fraction of sp³-hybridized carbons (Fsp3) is 0.750. The molecule has 19 heavy (non-hydrogen) atoms. The largest absolute Gasteiger partial charge is 0.393 e. The summed E-state index contributed by atoms with van der Waals surface area (Å²) in [7, 11) is 0. The van der Waals surface area contributed by atoms with Gasteiger partial charge in [0, 0.05) is 12.5 Å². The molecule has 1 aromatic heterocycles. The Kier molecular flexibility index (Phi) is 5.09. The monoisotopic (exact) mass is 284 g/mol. The van der Waals surface area contributed by atoms with Gasteiger partial charge in [-0.25, -0.2) is 4.79 Å². The molecule has 6 nitrogen and oxygen atoms in total. The molecule has 0 spiro atoms. The van der Waals surface area contributed by atoms with Crippen LogP contribution in [0.2, 0.25) is 0 Å². The second-order valence-corrected chi connectivity index (χ2v) is 5.81. The number of nitrogens with one attached hydrogen (secondary N) is 2. The zero-order valence-corrected chi connectivity index (χ0v) is 11.9. The van der Waals surface area contributed by atoms with Crippen molar-refractivity contribution in [2.75, 3.05) is 11.9 Å². The third-order valence-electron chi connectivity index (χ3n) is 3.06. The average Bonchev–Trinajstić information content (AvgIpc) is 3.15. The number of anilines is 1. The molecule has 2 rings (SSSR count). The quantitative estimate of drug-likeness (QED) is 0.669. The van der Waals surface area contributed by atoms with Gasteiger partial charge in [-0.05, 0) is 32.1 Å². The number of aliphatic hydroxyl groups is 1. The van der Waals surface area contributed by atoms with Gasteiger partial charge in [-0.15, -0.1) is 10.2 Å². The first kappa shape index (κ1) is 14.2. The Labute approximate surface area is 116 Å².